The Hall–Kier alpha value is -2.54. The average molecular weight is 428 g/mol. The van der Waals surface area contributed by atoms with Gasteiger partial charge in [0.1, 0.15) is 22.8 Å². The van der Waals surface area contributed by atoms with Crippen LogP contribution in [-0.4, -0.2) is 45.5 Å². The molecule has 4 rings (SSSR count). The predicted octanol–water partition coefficient (Wildman–Crippen LogP) is 4.03. The summed E-state index contributed by atoms with van der Waals surface area (Å²) in [6.45, 7) is 4.41. The zero-order valence-corrected chi connectivity index (χ0v) is 18.0. The third-order valence-corrected chi connectivity index (χ3v) is 5.48. The summed E-state index contributed by atoms with van der Waals surface area (Å²) in [4.78, 5) is 7.30. The molecule has 0 amide bonds. The van der Waals surface area contributed by atoms with Crippen molar-refractivity contribution in [2.24, 2.45) is 0 Å². The number of fused-ring (bicyclic) bond motifs is 1. The highest BCUT2D eigenvalue weighted by Gasteiger charge is 2.20. The highest BCUT2D eigenvalue weighted by molar-refractivity contribution is 6.30. The van der Waals surface area contributed by atoms with Crippen LogP contribution in [0.2, 0.25) is 5.02 Å². The van der Waals surface area contributed by atoms with Crippen LogP contribution >= 0.6 is 11.6 Å². The second-order valence-corrected chi connectivity index (χ2v) is 7.61. The summed E-state index contributed by atoms with van der Waals surface area (Å²) in [5.74, 6) is 2.47. The second-order valence-electron chi connectivity index (χ2n) is 7.17. The Morgan fingerprint density at radius 1 is 1.03 bits per heavy atom. The van der Waals surface area contributed by atoms with Crippen molar-refractivity contribution in [1.29, 1.82) is 0 Å². The van der Waals surface area contributed by atoms with Crippen LogP contribution in [0, 0.1) is 0 Å². The maximum Gasteiger partial charge on any atom is 0.145 e. The third-order valence-electron chi connectivity index (χ3n) is 5.25. The Labute approximate surface area is 181 Å². The Balaban J connectivity index is 1.69. The van der Waals surface area contributed by atoms with Crippen LogP contribution in [0.25, 0.3) is 10.9 Å². The molecule has 6 nitrogen and oxygen atoms in total. The van der Waals surface area contributed by atoms with Gasteiger partial charge in [-0.25, -0.2) is 4.98 Å². The second kappa shape index (κ2) is 9.51. The molecule has 0 aliphatic carbocycles. The number of hydrogen-bond donors (Lipinski definition) is 1. The quantitative estimate of drug-likeness (QED) is 0.614. The topological polar surface area (TPSA) is 55.9 Å². The fourth-order valence-corrected chi connectivity index (χ4v) is 3.96. The standard InChI is InChI=1S/C23H26ClN3O3/c1-28-20-6-7-21(29-2)22-19(20)13-17(23(26-22)27-8-10-30-11-9-27)15-25-14-16-4-3-5-18(24)12-16/h3-7,12-13,25H,8-11,14-15H2,1-2H3. The summed E-state index contributed by atoms with van der Waals surface area (Å²) < 4.78 is 16.7. The molecule has 1 aliphatic rings. The van der Waals surface area contributed by atoms with E-state index in [1.54, 1.807) is 14.2 Å². The predicted molar refractivity (Wildman–Crippen MR) is 120 cm³/mol. The number of ether oxygens (including phenoxy) is 3. The summed E-state index contributed by atoms with van der Waals surface area (Å²) in [6, 6.07) is 13.9. The van der Waals surface area contributed by atoms with Gasteiger partial charge >= 0.3 is 0 Å². The molecule has 1 aliphatic heterocycles. The van der Waals surface area contributed by atoms with Crippen molar-refractivity contribution in [3.05, 3.63) is 58.6 Å². The number of nitrogens with one attached hydrogen (secondary N) is 1. The monoisotopic (exact) mass is 427 g/mol. The van der Waals surface area contributed by atoms with Crippen molar-refractivity contribution in [3.8, 4) is 11.5 Å². The Bertz CT molecular complexity index is 1020. The molecule has 0 bridgehead atoms. The molecule has 1 saturated heterocycles. The molecule has 0 spiro atoms. The summed E-state index contributed by atoms with van der Waals surface area (Å²) in [5.41, 5.74) is 3.05. The minimum atomic E-state index is 0.669. The van der Waals surface area contributed by atoms with E-state index in [9.17, 15) is 0 Å². The van der Waals surface area contributed by atoms with Crippen LogP contribution in [0.4, 0.5) is 5.82 Å². The Kier molecular flexibility index (Phi) is 6.57. The van der Waals surface area contributed by atoms with Crippen LogP contribution < -0.4 is 19.7 Å². The summed E-state index contributed by atoms with van der Waals surface area (Å²) in [5, 5.41) is 5.21. The molecule has 158 valence electrons. The number of halogens is 1. The molecule has 0 unspecified atom stereocenters. The van der Waals surface area contributed by atoms with Gasteiger partial charge in [-0.05, 0) is 35.9 Å². The van der Waals surface area contributed by atoms with Gasteiger partial charge < -0.3 is 24.4 Å². The molecule has 2 heterocycles. The number of methoxy groups -OCH3 is 2. The largest absolute Gasteiger partial charge is 0.496 e. The van der Waals surface area contributed by atoms with Gasteiger partial charge in [-0.3, -0.25) is 0 Å². The SMILES string of the molecule is COc1ccc(OC)c2nc(N3CCOCC3)c(CNCc3cccc(Cl)c3)cc12. The van der Waals surface area contributed by atoms with E-state index < -0.39 is 0 Å². The lowest BCUT2D eigenvalue weighted by Crippen LogP contribution is -2.37. The molecule has 2 aromatic carbocycles. The first kappa shape index (κ1) is 20.7. The first-order chi connectivity index (χ1) is 14.7. The lowest BCUT2D eigenvalue weighted by Gasteiger charge is -2.30. The fourth-order valence-electron chi connectivity index (χ4n) is 3.75. The van der Waals surface area contributed by atoms with Gasteiger partial charge in [-0.1, -0.05) is 23.7 Å². The van der Waals surface area contributed by atoms with Crippen LogP contribution in [0.1, 0.15) is 11.1 Å². The minimum absolute atomic E-state index is 0.669. The number of benzene rings is 2. The zero-order valence-electron chi connectivity index (χ0n) is 17.3. The van der Waals surface area contributed by atoms with E-state index in [1.165, 1.54) is 0 Å². The number of aromatic nitrogens is 1. The van der Waals surface area contributed by atoms with Crippen LogP contribution in [0.3, 0.4) is 0 Å². The molecular formula is C23H26ClN3O3. The molecule has 0 radical (unpaired) electrons. The van der Waals surface area contributed by atoms with Crippen LogP contribution in [0.5, 0.6) is 11.5 Å². The Morgan fingerprint density at radius 3 is 2.53 bits per heavy atom. The maximum atomic E-state index is 6.11. The van der Waals surface area contributed by atoms with E-state index in [-0.39, 0.29) is 0 Å². The van der Waals surface area contributed by atoms with Gasteiger partial charge in [-0.2, -0.15) is 0 Å². The smallest absolute Gasteiger partial charge is 0.145 e. The minimum Gasteiger partial charge on any atom is -0.496 e. The average Bonchev–Trinajstić information content (AvgIpc) is 2.78. The van der Waals surface area contributed by atoms with Gasteiger partial charge in [0.15, 0.2) is 0 Å². The van der Waals surface area contributed by atoms with Gasteiger partial charge in [0.05, 0.1) is 27.4 Å². The summed E-state index contributed by atoms with van der Waals surface area (Å²) >= 11 is 6.11. The van der Waals surface area contributed by atoms with Crippen molar-refractivity contribution >= 4 is 28.3 Å². The number of anilines is 1. The molecule has 1 aromatic heterocycles. The van der Waals surface area contributed by atoms with Gasteiger partial charge in [0.2, 0.25) is 0 Å². The van der Waals surface area contributed by atoms with E-state index in [2.05, 4.69) is 22.3 Å². The van der Waals surface area contributed by atoms with Gasteiger partial charge in [-0.15, -0.1) is 0 Å². The molecule has 0 atom stereocenters. The first-order valence-electron chi connectivity index (χ1n) is 10.0. The van der Waals surface area contributed by atoms with Crippen molar-refractivity contribution in [2.45, 2.75) is 13.1 Å². The maximum absolute atomic E-state index is 6.11. The molecular weight excluding hydrogens is 402 g/mol. The fraction of sp³-hybridized carbons (Fsp3) is 0.348. The zero-order chi connectivity index (χ0) is 20.9. The molecule has 1 N–H and O–H groups in total. The lowest BCUT2D eigenvalue weighted by molar-refractivity contribution is 0.122. The molecule has 3 aromatic rings. The number of hydrogen-bond acceptors (Lipinski definition) is 6. The van der Waals surface area contributed by atoms with E-state index >= 15 is 0 Å². The van der Waals surface area contributed by atoms with E-state index in [0.29, 0.717) is 19.8 Å². The highest BCUT2D eigenvalue weighted by atomic mass is 35.5. The van der Waals surface area contributed by atoms with Crippen molar-refractivity contribution < 1.29 is 14.2 Å². The molecule has 0 saturated carbocycles. The molecule has 1 fully saturated rings. The number of pyridine rings is 1. The molecule has 30 heavy (non-hydrogen) atoms. The van der Waals surface area contributed by atoms with Crippen LogP contribution in [-0.2, 0) is 17.8 Å². The van der Waals surface area contributed by atoms with Gasteiger partial charge in [0, 0.05) is 42.2 Å². The molecule has 7 heteroatoms. The third kappa shape index (κ3) is 4.46. The van der Waals surface area contributed by atoms with Gasteiger partial charge in [0.25, 0.3) is 0 Å². The Morgan fingerprint density at radius 2 is 1.80 bits per heavy atom. The van der Waals surface area contributed by atoms with E-state index in [0.717, 1.165) is 64.0 Å². The van der Waals surface area contributed by atoms with E-state index in [1.807, 2.05) is 30.3 Å². The number of rotatable bonds is 7. The van der Waals surface area contributed by atoms with Crippen molar-refractivity contribution in [3.63, 3.8) is 0 Å². The number of morpholine rings is 1. The summed E-state index contributed by atoms with van der Waals surface area (Å²) in [6.07, 6.45) is 0. The lowest BCUT2D eigenvalue weighted by atomic mass is 10.1. The first-order valence-corrected chi connectivity index (χ1v) is 10.4. The van der Waals surface area contributed by atoms with Crippen LogP contribution in [0.15, 0.2) is 42.5 Å². The van der Waals surface area contributed by atoms with Crippen molar-refractivity contribution in [2.75, 3.05) is 45.4 Å². The normalized spacial score (nSPS) is 14.2. The van der Waals surface area contributed by atoms with Crippen molar-refractivity contribution in [1.82, 2.24) is 10.3 Å². The van der Waals surface area contributed by atoms with E-state index in [4.69, 9.17) is 30.8 Å². The summed E-state index contributed by atoms with van der Waals surface area (Å²) in [7, 11) is 3.34. The number of nitrogens with zero attached hydrogens (tertiary/aromatic N) is 2. The highest BCUT2D eigenvalue weighted by Crippen LogP contribution is 2.35.